The molecule has 0 unspecified atom stereocenters. The van der Waals surface area contributed by atoms with E-state index in [-0.39, 0.29) is 0 Å². The predicted molar refractivity (Wildman–Crippen MR) is 97.7 cm³/mol. The molecule has 0 radical (unpaired) electrons. The van der Waals surface area contributed by atoms with Crippen LogP contribution in [-0.2, 0) is 6.42 Å². The zero-order chi connectivity index (χ0) is 16.7. The molecule has 0 atom stereocenters. The molecule has 7 heteroatoms. The first-order valence-corrected chi connectivity index (χ1v) is 8.80. The van der Waals surface area contributed by atoms with Crippen LogP contribution in [0.2, 0.25) is 0 Å². The summed E-state index contributed by atoms with van der Waals surface area (Å²) in [4.78, 5) is 14.7. The highest BCUT2D eigenvalue weighted by atomic mass is 32.1. The van der Waals surface area contributed by atoms with Crippen LogP contribution in [0.5, 0.6) is 0 Å². The quantitative estimate of drug-likeness (QED) is 0.614. The van der Waals surface area contributed by atoms with Gasteiger partial charge in [-0.15, -0.1) is 0 Å². The Kier molecular flexibility index (Phi) is 3.65. The number of nitrogens with one attached hydrogen (secondary N) is 1. The van der Waals surface area contributed by atoms with Gasteiger partial charge < -0.3 is 5.32 Å². The molecule has 24 heavy (non-hydrogen) atoms. The second kappa shape index (κ2) is 5.83. The molecule has 122 valence electrons. The van der Waals surface area contributed by atoms with Crippen LogP contribution in [-0.4, -0.2) is 31.6 Å². The number of fused-ring (bicyclic) bond motifs is 3. The van der Waals surface area contributed by atoms with Crippen LogP contribution in [0.25, 0.3) is 27.1 Å². The van der Waals surface area contributed by atoms with E-state index in [0.717, 1.165) is 50.8 Å². The normalized spacial score (nSPS) is 11.5. The number of pyridine rings is 2. The van der Waals surface area contributed by atoms with E-state index in [4.69, 9.17) is 0 Å². The molecule has 6 nitrogen and oxygen atoms in total. The molecular weight excluding hydrogens is 320 g/mol. The molecule has 0 aromatic carbocycles. The van der Waals surface area contributed by atoms with Crippen molar-refractivity contribution in [2.24, 2.45) is 0 Å². The minimum atomic E-state index is 0.835. The van der Waals surface area contributed by atoms with Crippen LogP contribution in [0, 0.1) is 6.92 Å². The summed E-state index contributed by atoms with van der Waals surface area (Å²) in [5.74, 6) is 0. The number of anilines is 1. The monoisotopic (exact) mass is 338 g/mol. The maximum atomic E-state index is 4.62. The van der Waals surface area contributed by atoms with Crippen molar-refractivity contribution < 1.29 is 0 Å². The summed E-state index contributed by atoms with van der Waals surface area (Å²) in [5.41, 5.74) is 6.16. The van der Waals surface area contributed by atoms with Crippen molar-refractivity contribution in [2.45, 2.75) is 26.7 Å². The van der Waals surface area contributed by atoms with Gasteiger partial charge in [0.2, 0.25) is 0 Å². The molecule has 0 spiro atoms. The van der Waals surface area contributed by atoms with Gasteiger partial charge in [0, 0.05) is 30.1 Å². The lowest BCUT2D eigenvalue weighted by Crippen LogP contribution is -1.96. The van der Waals surface area contributed by atoms with Gasteiger partial charge >= 0.3 is 0 Å². The summed E-state index contributed by atoms with van der Waals surface area (Å²) < 4.78 is 1.86. The Labute approximate surface area is 143 Å². The molecule has 0 aliphatic heterocycles. The molecule has 0 saturated carbocycles. The summed E-state index contributed by atoms with van der Waals surface area (Å²) in [6.07, 6.45) is 5.63. The molecule has 1 N–H and O–H groups in total. The van der Waals surface area contributed by atoms with Crippen molar-refractivity contribution in [3.8, 4) is 11.1 Å². The maximum Gasteiger partial charge on any atom is 0.185 e. The van der Waals surface area contributed by atoms with Crippen LogP contribution < -0.4 is 5.32 Å². The number of aromatic nitrogens is 5. The zero-order valence-corrected chi connectivity index (χ0v) is 14.7. The van der Waals surface area contributed by atoms with E-state index in [2.05, 4.69) is 51.3 Å². The second-order valence-corrected chi connectivity index (χ2v) is 6.73. The third-order valence-corrected chi connectivity index (χ3v) is 5.14. The maximum absolute atomic E-state index is 4.62. The van der Waals surface area contributed by atoms with Crippen LogP contribution in [0.15, 0.2) is 24.7 Å². The number of thiazole rings is 1. The molecule has 4 rings (SSSR count). The minimum Gasteiger partial charge on any atom is -0.365 e. The lowest BCUT2D eigenvalue weighted by atomic mass is 10.0. The van der Waals surface area contributed by atoms with Gasteiger partial charge in [0.1, 0.15) is 16.7 Å². The third-order valence-electron chi connectivity index (χ3n) is 4.07. The summed E-state index contributed by atoms with van der Waals surface area (Å²) in [6.45, 7) is 4.29. The minimum absolute atomic E-state index is 0.835. The molecule has 0 saturated heterocycles. The van der Waals surface area contributed by atoms with Gasteiger partial charge in [-0.2, -0.15) is 5.10 Å². The van der Waals surface area contributed by atoms with E-state index in [1.165, 1.54) is 5.56 Å². The van der Waals surface area contributed by atoms with Crippen molar-refractivity contribution >= 4 is 32.5 Å². The highest BCUT2D eigenvalue weighted by Gasteiger charge is 2.16. The molecule has 0 aliphatic rings. The first kappa shape index (κ1) is 15.0. The standard InChI is InChI=1S/C17H18N6S/c1-4-5-11-6-10(2)13(8-19-11)12-7-14-16(24-17(18-3)22-14)23-15(12)20-9-21-23/h6-9H,4-5H2,1-3H3,(H,18,22). The van der Waals surface area contributed by atoms with Crippen molar-refractivity contribution in [2.75, 3.05) is 12.4 Å². The summed E-state index contributed by atoms with van der Waals surface area (Å²) in [7, 11) is 1.87. The van der Waals surface area contributed by atoms with Crippen molar-refractivity contribution in [1.29, 1.82) is 0 Å². The Morgan fingerprint density at radius 1 is 1.21 bits per heavy atom. The van der Waals surface area contributed by atoms with E-state index in [9.17, 15) is 0 Å². The van der Waals surface area contributed by atoms with E-state index in [1.807, 2.05) is 17.8 Å². The Morgan fingerprint density at radius 2 is 2.08 bits per heavy atom. The highest BCUT2D eigenvalue weighted by molar-refractivity contribution is 7.21. The van der Waals surface area contributed by atoms with Crippen molar-refractivity contribution in [3.05, 3.63) is 35.9 Å². The van der Waals surface area contributed by atoms with Gasteiger partial charge in [-0.05, 0) is 31.0 Å². The van der Waals surface area contributed by atoms with E-state index in [1.54, 1.807) is 17.7 Å². The van der Waals surface area contributed by atoms with E-state index in [0.29, 0.717) is 0 Å². The average molecular weight is 338 g/mol. The molecule has 4 aromatic heterocycles. The molecule has 4 aromatic rings. The van der Waals surface area contributed by atoms with E-state index < -0.39 is 0 Å². The van der Waals surface area contributed by atoms with Crippen LogP contribution >= 0.6 is 11.3 Å². The first-order valence-electron chi connectivity index (χ1n) is 7.98. The SMILES string of the molecule is CCCc1cc(C)c(-c2cc3nc(NC)sc3n3ncnc23)cn1. The molecule has 0 fully saturated rings. The number of hydrogen-bond acceptors (Lipinski definition) is 6. The molecule has 4 heterocycles. The van der Waals surface area contributed by atoms with Crippen LogP contribution in [0.3, 0.4) is 0 Å². The first-order chi connectivity index (χ1) is 11.7. The Bertz CT molecular complexity index is 1030. The van der Waals surface area contributed by atoms with Crippen molar-refractivity contribution in [3.63, 3.8) is 0 Å². The lowest BCUT2D eigenvalue weighted by Gasteiger charge is -2.09. The zero-order valence-electron chi connectivity index (χ0n) is 13.9. The van der Waals surface area contributed by atoms with Crippen molar-refractivity contribution in [1.82, 2.24) is 24.6 Å². The van der Waals surface area contributed by atoms with Crippen LogP contribution in [0.4, 0.5) is 5.13 Å². The highest BCUT2D eigenvalue weighted by Crippen LogP contribution is 2.33. The van der Waals surface area contributed by atoms with Crippen LogP contribution in [0.1, 0.15) is 24.6 Å². The number of rotatable bonds is 4. The topological polar surface area (TPSA) is 68.0 Å². The Morgan fingerprint density at radius 3 is 2.83 bits per heavy atom. The molecule has 0 aliphatic carbocycles. The molecular formula is C17H18N6S. The summed E-state index contributed by atoms with van der Waals surface area (Å²) >= 11 is 1.57. The number of aryl methyl sites for hydroxylation is 2. The van der Waals surface area contributed by atoms with Gasteiger partial charge in [0.15, 0.2) is 10.8 Å². The Balaban J connectivity index is 1.96. The molecule has 0 amide bonds. The Hall–Kier alpha value is -2.54. The van der Waals surface area contributed by atoms with Gasteiger partial charge in [0.05, 0.1) is 0 Å². The summed E-state index contributed by atoms with van der Waals surface area (Å²) in [6, 6.07) is 4.25. The molecule has 0 bridgehead atoms. The fraction of sp³-hybridized carbons (Fsp3) is 0.294. The fourth-order valence-electron chi connectivity index (χ4n) is 2.94. The smallest absolute Gasteiger partial charge is 0.185 e. The third kappa shape index (κ3) is 2.32. The average Bonchev–Trinajstić information content (AvgIpc) is 3.20. The van der Waals surface area contributed by atoms with Gasteiger partial charge in [0.25, 0.3) is 0 Å². The van der Waals surface area contributed by atoms with E-state index >= 15 is 0 Å². The predicted octanol–water partition coefficient (Wildman–Crippen LogP) is 3.70. The summed E-state index contributed by atoms with van der Waals surface area (Å²) in [5, 5.41) is 8.35. The van der Waals surface area contributed by atoms with Gasteiger partial charge in [-0.25, -0.2) is 14.5 Å². The second-order valence-electron chi connectivity index (χ2n) is 5.75. The lowest BCUT2D eigenvalue weighted by molar-refractivity contribution is 0.880. The largest absolute Gasteiger partial charge is 0.365 e. The van der Waals surface area contributed by atoms with Gasteiger partial charge in [-0.1, -0.05) is 24.7 Å². The van der Waals surface area contributed by atoms with Gasteiger partial charge in [-0.3, -0.25) is 4.98 Å². The number of nitrogens with zero attached hydrogens (tertiary/aromatic N) is 5. The number of hydrogen-bond donors (Lipinski definition) is 1. The fourth-order valence-corrected chi connectivity index (χ4v) is 3.80.